The lowest BCUT2D eigenvalue weighted by Crippen LogP contribution is -2.26. The van der Waals surface area contributed by atoms with Gasteiger partial charge in [-0.3, -0.25) is 9.78 Å². The number of hydrogen-bond donors (Lipinski definition) is 3. The third kappa shape index (κ3) is 3.81. The van der Waals surface area contributed by atoms with Gasteiger partial charge in [-0.05, 0) is 19.4 Å². The van der Waals surface area contributed by atoms with E-state index in [1.165, 1.54) is 0 Å². The number of H-pyrrole nitrogens is 1. The van der Waals surface area contributed by atoms with Crippen molar-refractivity contribution in [3.8, 4) is 0 Å². The largest absolute Gasteiger partial charge is 0.383 e. The van der Waals surface area contributed by atoms with Crippen LogP contribution in [-0.4, -0.2) is 33.9 Å². The minimum Gasteiger partial charge on any atom is -0.383 e. The molecule has 20 heavy (non-hydrogen) atoms. The molecule has 0 saturated heterocycles. The second-order valence-electron chi connectivity index (χ2n) is 4.35. The summed E-state index contributed by atoms with van der Waals surface area (Å²) in [5, 5.41) is 6.04. The average molecular weight is 273 g/mol. The molecule has 0 spiro atoms. The Balaban J connectivity index is 1.82. The third-order valence-corrected chi connectivity index (χ3v) is 2.86. The van der Waals surface area contributed by atoms with Gasteiger partial charge in [0.05, 0.1) is 17.4 Å². The van der Waals surface area contributed by atoms with Gasteiger partial charge in [0.25, 0.3) is 5.91 Å². The van der Waals surface area contributed by atoms with Gasteiger partial charge in [0, 0.05) is 38.1 Å². The van der Waals surface area contributed by atoms with E-state index in [4.69, 9.17) is 0 Å². The van der Waals surface area contributed by atoms with Crippen molar-refractivity contribution in [3.63, 3.8) is 0 Å². The fourth-order valence-corrected chi connectivity index (χ4v) is 1.91. The molecule has 3 N–H and O–H groups in total. The first-order valence-electron chi connectivity index (χ1n) is 6.75. The normalized spacial score (nSPS) is 10.2. The second kappa shape index (κ2) is 7.28. The fraction of sp³-hybridized carbons (Fsp3) is 0.357. The zero-order valence-corrected chi connectivity index (χ0v) is 11.5. The summed E-state index contributed by atoms with van der Waals surface area (Å²) in [7, 11) is 0. The number of aromatic nitrogens is 3. The van der Waals surface area contributed by atoms with Crippen molar-refractivity contribution in [2.45, 2.75) is 19.8 Å². The molecule has 6 heteroatoms. The Morgan fingerprint density at radius 1 is 1.40 bits per heavy atom. The molecule has 0 unspecified atom stereocenters. The van der Waals surface area contributed by atoms with Crippen LogP contribution < -0.4 is 10.6 Å². The van der Waals surface area contributed by atoms with Crippen LogP contribution in [0.2, 0.25) is 0 Å². The molecule has 0 aliphatic carbocycles. The van der Waals surface area contributed by atoms with E-state index in [0.717, 1.165) is 30.9 Å². The monoisotopic (exact) mass is 273 g/mol. The van der Waals surface area contributed by atoms with Crippen LogP contribution in [0.1, 0.15) is 29.5 Å². The number of aryl methyl sites for hydroxylation is 1. The first-order chi connectivity index (χ1) is 9.81. The molecule has 0 bridgehead atoms. The molecule has 2 aromatic rings. The molecule has 0 aliphatic rings. The summed E-state index contributed by atoms with van der Waals surface area (Å²) >= 11 is 0. The topological polar surface area (TPSA) is 82.7 Å². The molecule has 0 aromatic carbocycles. The van der Waals surface area contributed by atoms with Gasteiger partial charge in [-0.2, -0.15) is 0 Å². The lowest BCUT2D eigenvalue weighted by Gasteiger charge is -2.10. The van der Waals surface area contributed by atoms with Crippen molar-refractivity contribution in [2.24, 2.45) is 0 Å². The SMILES string of the molecule is CCNc1cnccc1C(=O)NCCCc1ncc[nH]1. The van der Waals surface area contributed by atoms with E-state index in [9.17, 15) is 4.79 Å². The van der Waals surface area contributed by atoms with Crippen molar-refractivity contribution < 1.29 is 4.79 Å². The van der Waals surface area contributed by atoms with Crippen LogP contribution >= 0.6 is 0 Å². The van der Waals surface area contributed by atoms with Gasteiger partial charge in [0.2, 0.25) is 0 Å². The predicted octanol–water partition coefficient (Wildman–Crippen LogP) is 1.60. The molecule has 1 amide bonds. The van der Waals surface area contributed by atoms with Gasteiger partial charge < -0.3 is 15.6 Å². The van der Waals surface area contributed by atoms with Crippen LogP contribution in [-0.2, 0) is 6.42 Å². The highest BCUT2D eigenvalue weighted by atomic mass is 16.1. The molecule has 0 atom stereocenters. The Kier molecular flexibility index (Phi) is 5.11. The van der Waals surface area contributed by atoms with Crippen LogP contribution in [0.3, 0.4) is 0 Å². The predicted molar refractivity (Wildman–Crippen MR) is 77.6 cm³/mol. The Morgan fingerprint density at radius 3 is 3.05 bits per heavy atom. The van der Waals surface area contributed by atoms with Crippen LogP contribution in [0.5, 0.6) is 0 Å². The molecular formula is C14H19N5O. The standard InChI is InChI=1S/C14H19N5O/c1-2-16-12-10-15-7-5-11(12)14(20)19-6-3-4-13-17-8-9-18-13/h5,7-10,16H,2-4,6H2,1H3,(H,17,18)(H,19,20). The molecule has 0 radical (unpaired) electrons. The van der Waals surface area contributed by atoms with Gasteiger partial charge in [-0.15, -0.1) is 0 Å². The summed E-state index contributed by atoms with van der Waals surface area (Å²) in [6, 6.07) is 1.72. The van der Waals surface area contributed by atoms with E-state index in [1.807, 2.05) is 6.92 Å². The number of anilines is 1. The van der Waals surface area contributed by atoms with Crippen molar-refractivity contribution in [3.05, 3.63) is 42.2 Å². The first-order valence-corrected chi connectivity index (χ1v) is 6.75. The number of carbonyl (C=O) groups is 1. The lowest BCUT2D eigenvalue weighted by molar-refractivity contribution is 0.0954. The van der Waals surface area contributed by atoms with Gasteiger partial charge >= 0.3 is 0 Å². The summed E-state index contributed by atoms with van der Waals surface area (Å²) in [6.45, 7) is 3.36. The number of pyridine rings is 1. The highest BCUT2D eigenvalue weighted by Gasteiger charge is 2.10. The van der Waals surface area contributed by atoms with E-state index < -0.39 is 0 Å². The first kappa shape index (κ1) is 14.0. The number of amides is 1. The Hall–Kier alpha value is -2.37. The molecule has 2 heterocycles. The third-order valence-electron chi connectivity index (χ3n) is 2.86. The number of carbonyl (C=O) groups excluding carboxylic acids is 1. The summed E-state index contributed by atoms with van der Waals surface area (Å²) in [5.41, 5.74) is 1.39. The number of hydrogen-bond acceptors (Lipinski definition) is 4. The lowest BCUT2D eigenvalue weighted by atomic mass is 10.2. The molecule has 2 rings (SSSR count). The maximum Gasteiger partial charge on any atom is 0.253 e. The van der Waals surface area contributed by atoms with Gasteiger partial charge in [0.15, 0.2) is 0 Å². The van der Waals surface area contributed by atoms with E-state index >= 15 is 0 Å². The zero-order valence-electron chi connectivity index (χ0n) is 11.5. The van der Waals surface area contributed by atoms with E-state index in [1.54, 1.807) is 30.9 Å². The quantitative estimate of drug-likeness (QED) is 0.669. The highest BCUT2D eigenvalue weighted by molar-refractivity contribution is 5.99. The molecule has 0 saturated carbocycles. The van der Waals surface area contributed by atoms with Crippen LogP contribution in [0, 0.1) is 0 Å². The highest BCUT2D eigenvalue weighted by Crippen LogP contribution is 2.12. The average Bonchev–Trinajstić information content (AvgIpc) is 2.97. The minimum atomic E-state index is -0.0807. The zero-order chi connectivity index (χ0) is 14.2. The number of imidazole rings is 1. The second-order valence-corrected chi connectivity index (χ2v) is 4.35. The van der Waals surface area contributed by atoms with Crippen molar-refractivity contribution in [1.29, 1.82) is 0 Å². The maximum atomic E-state index is 12.1. The van der Waals surface area contributed by atoms with E-state index in [0.29, 0.717) is 12.1 Å². The molecule has 0 fully saturated rings. The number of nitrogens with one attached hydrogen (secondary N) is 3. The molecular weight excluding hydrogens is 254 g/mol. The summed E-state index contributed by atoms with van der Waals surface area (Å²) in [6.07, 6.45) is 8.49. The molecule has 106 valence electrons. The van der Waals surface area contributed by atoms with Crippen LogP contribution in [0.4, 0.5) is 5.69 Å². The van der Waals surface area contributed by atoms with Gasteiger partial charge in [-0.1, -0.05) is 0 Å². The van der Waals surface area contributed by atoms with E-state index in [2.05, 4.69) is 25.6 Å². The Bertz CT molecular complexity index is 538. The summed E-state index contributed by atoms with van der Waals surface area (Å²) in [4.78, 5) is 23.3. The maximum absolute atomic E-state index is 12.1. The molecule has 2 aromatic heterocycles. The summed E-state index contributed by atoms with van der Waals surface area (Å²) < 4.78 is 0. The van der Waals surface area contributed by atoms with Crippen molar-refractivity contribution in [2.75, 3.05) is 18.4 Å². The molecule has 6 nitrogen and oxygen atoms in total. The van der Waals surface area contributed by atoms with Crippen LogP contribution in [0.25, 0.3) is 0 Å². The number of aromatic amines is 1. The van der Waals surface area contributed by atoms with Crippen molar-refractivity contribution >= 4 is 11.6 Å². The molecule has 0 aliphatic heterocycles. The number of rotatable bonds is 7. The number of nitrogens with zero attached hydrogens (tertiary/aromatic N) is 2. The Labute approximate surface area is 118 Å². The van der Waals surface area contributed by atoms with Gasteiger partial charge in [-0.25, -0.2) is 4.98 Å². The van der Waals surface area contributed by atoms with E-state index in [-0.39, 0.29) is 5.91 Å². The van der Waals surface area contributed by atoms with Crippen molar-refractivity contribution in [1.82, 2.24) is 20.3 Å². The Morgan fingerprint density at radius 2 is 2.30 bits per heavy atom. The van der Waals surface area contributed by atoms with Gasteiger partial charge in [0.1, 0.15) is 5.82 Å². The van der Waals surface area contributed by atoms with Crippen LogP contribution in [0.15, 0.2) is 30.9 Å². The minimum absolute atomic E-state index is 0.0807. The smallest absolute Gasteiger partial charge is 0.253 e. The fourth-order valence-electron chi connectivity index (χ4n) is 1.91. The summed E-state index contributed by atoms with van der Waals surface area (Å²) in [5.74, 6) is 0.860.